The van der Waals surface area contributed by atoms with Gasteiger partial charge < -0.3 is 28.7 Å². The predicted molar refractivity (Wildman–Crippen MR) is 124 cm³/mol. The number of ketones is 1. The highest BCUT2D eigenvalue weighted by Gasteiger charge is 2.27. The van der Waals surface area contributed by atoms with Crippen LogP contribution in [0.15, 0.2) is 34.8 Å². The van der Waals surface area contributed by atoms with E-state index in [9.17, 15) is 9.59 Å². The van der Waals surface area contributed by atoms with Gasteiger partial charge in [0.25, 0.3) is 5.91 Å². The van der Waals surface area contributed by atoms with Crippen LogP contribution in [0, 0.1) is 0 Å². The molecule has 0 saturated carbocycles. The number of thiophene rings is 1. The Balaban J connectivity index is 1.58. The number of ether oxygens (including phenoxy) is 4. The van der Waals surface area contributed by atoms with Crippen molar-refractivity contribution in [2.24, 2.45) is 5.16 Å². The molecule has 2 aromatic rings. The van der Waals surface area contributed by atoms with Gasteiger partial charge in [0.2, 0.25) is 5.75 Å². The fraction of sp³-hybridized carbons (Fsp3) is 0.435. The maximum atomic E-state index is 12.6. The summed E-state index contributed by atoms with van der Waals surface area (Å²) in [6.07, 6.45) is -0.380. The second-order valence-electron chi connectivity index (χ2n) is 7.30. The summed E-state index contributed by atoms with van der Waals surface area (Å²) in [5.74, 6) is 0.728. The molecule has 1 unspecified atom stereocenters. The van der Waals surface area contributed by atoms with Crippen LogP contribution in [0.1, 0.15) is 29.1 Å². The Labute approximate surface area is 196 Å². The van der Waals surface area contributed by atoms with E-state index in [1.54, 1.807) is 28.4 Å². The fourth-order valence-corrected chi connectivity index (χ4v) is 4.02. The molecule has 1 aliphatic heterocycles. The Morgan fingerprint density at radius 2 is 2.00 bits per heavy atom. The molecular formula is C23H28N2O7S. The number of nitrogens with zero attached hydrogens (tertiary/aromatic N) is 2. The first-order valence-electron chi connectivity index (χ1n) is 10.4. The van der Waals surface area contributed by atoms with E-state index in [1.165, 1.54) is 21.1 Å². The van der Waals surface area contributed by atoms with E-state index in [0.717, 1.165) is 10.6 Å². The number of morpholine rings is 1. The van der Waals surface area contributed by atoms with E-state index < -0.39 is 0 Å². The zero-order chi connectivity index (χ0) is 23.8. The molecule has 33 heavy (non-hydrogen) atoms. The van der Waals surface area contributed by atoms with Gasteiger partial charge in [0.05, 0.1) is 43.5 Å². The van der Waals surface area contributed by atoms with Gasteiger partial charge in [-0.3, -0.25) is 9.59 Å². The van der Waals surface area contributed by atoms with Gasteiger partial charge in [-0.05, 0) is 37.4 Å². The average Bonchev–Trinajstić information content (AvgIpc) is 3.37. The molecule has 0 N–H and O–H groups in total. The van der Waals surface area contributed by atoms with Crippen LogP contribution >= 0.6 is 11.3 Å². The molecule has 1 aromatic heterocycles. The third-order valence-electron chi connectivity index (χ3n) is 5.05. The standard InChI is InChI=1S/C23H28N2O7S/c1-15(20-6-5-11-33-20)24-32-14-21(27)25-9-10-30-17(12-25)13-31-22-18(16(2)26)7-8-19(28-3)23(22)29-4/h5-8,11,17H,9-10,12-14H2,1-4H3. The summed E-state index contributed by atoms with van der Waals surface area (Å²) in [5, 5.41) is 5.98. The molecule has 0 spiro atoms. The van der Waals surface area contributed by atoms with Gasteiger partial charge in [-0.25, -0.2) is 0 Å². The van der Waals surface area contributed by atoms with Crippen LogP contribution in [0.5, 0.6) is 17.2 Å². The van der Waals surface area contributed by atoms with Crippen molar-refractivity contribution < 1.29 is 33.4 Å². The number of hydrogen-bond donors (Lipinski definition) is 0. The van der Waals surface area contributed by atoms with E-state index in [4.69, 9.17) is 23.8 Å². The Kier molecular flexibility index (Phi) is 8.67. The molecule has 1 fully saturated rings. The lowest BCUT2D eigenvalue weighted by molar-refractivity contribution is -0.144. The van der Waals surface area contributed by atoms with Crippen LogP contribution in [0.2, 0.25) is 0 Å². The largest absolute Gasteiger partial charge is 0.493 e. The Morgan fingerprint density at radius 1 is 1.18 bits per heavy atom. The minimum Gasteiger partial charge on any atom is -0.493 e. The van der Waals surface area contributed by atoms with Gasteiger partial charge in [0.1, 0.15) is 12.7 Å². The number of Topliss-reactive ketones (excluding diaryl/α,β-unsaturated/α-hetero) is 1. The quantitative estimate of drug-likeness (QED) is 0.295. The van der Waals surface area contributed by atoms with Crippen molar-refractivity contribution in [2.45, 2.75) is 20.0 Å². The molecule has 9 nitrogen and oxygen atoms in total. The maximum absolute atomic E-state index is 12.6. The van der Waals surface area contributed by atoms with E-state index >= 15 is 0 Å². The first-order chi connectivity index (χ1) is 15.9. The number of methoxy groups -OCH3 is 2. The van der Waals surface area contributed by atoms with Gasteiger partial charge in [0.15, 0.2) is 23.9 Å². The highest BCUT2D eigenvalue weighted by atomic mass is 32.1. The summed E-state index contributed by atoms with van der Waals surface area (Å²) in [7, 11) is 2.99. The average molecular weight is 477 g/mol. The molecule has 0 aliphatic carbocycles. The van der Waals surface area contributed by atoms with Crippen molar-refractivity contribution in [3.63, 3.8) is 0 Å². The molecule has 178 valence electrons. The van der Waals surface area contributed by atoms with E-state index in [-0.39, 0.29) is 36.8 Å². The Morgan fingerprint density at radius 3 is 2.67 bits per heavy atom. The van der Waals surface area contributed by atoms with Crippen molar-refractivity contribution in [1.29, 1.82) is 0 Å². The molecule has 10 heteroatoms. The number of rotatable bonds is 10. The van der Waals surface area contributed by atoms with Crippen molar-refractivity contribution in [1.82, 2.24) is 4.90 Å². The van der Waals surface area contributed by atoms with Crippen molar-refractivity contribution >= 4 is 28.7 Å². The van der Waals surface area contributed by atoms with Gasteiger partial charge in [-0.2, -0.15) is 0 Å². The Bertz CT molecular complexity index is 991. The molecule has 3 rings (SSSR count). The lowest BCUT2D eigenvalue weighted by atomic mass is 10.1. The number of benzene rings is 1. The second kappa shape index (κ2) is 11.7. The number of carbonyl (C=O) groups is 2. The highest BCUT2D eigenvalue weighted by molar-refractivity contribution is 7.12. The SMILES string of the molecule is COc1ccc(C(C)=O)c(OCC2CN(C(=O)CON=C(C)c3cccs3)CCO2)c1OC. The number of carbonyl (C=O) groups excluding carboxylic acids is 2. The third kappa shape index (κ3) is 6.23. The van der Waals surface area contributed by atoms with Crippen LogP contribution < -0.4 is 14.2 Å². The first-order valence-corrected chi connectivity index (χ1v) is 11.3. The molecule has 1 aromatic carbocycles. The third-order valence-corrected chi connectivity index (χ3v) is 6.03. The molecule has 1 amide bonds. The van der Waals surface area contributed by atoms with E-state index in [0.29, 0.717) is 36.8 Å². The van der Waals surface area contributed by atoms with Crippen LogP contribution in [0.4, 0.5) is 0 Å². The molecule has 1 saturated heterocycles. The lowest BCUT2D eigenvalue weighted by Crippen LogP contribution is -2.48. The topological polar surface area (TPSA) is 95.9 Å². The summed E-state index contributed by atoms with van der Waals surface area (Å²) in [4.78, 5) is 32.5. The number of amides is 1. The monoisotopic (exact) mass is 476 g/mol. The maximum Gasteiger partial charge on any atom is 0.263 e. The van der Waals surface area contributed by atoms with E-state index in [1.807, 2.05) is 24.4 Å². The predicted octanol–water partition coefficient (Wildman–Crippen LogP) is 3.01. The molecule has 1 atom stereocenters. The molecule has 0 radical (unpaired) electrons. The minimum absolute atomic E-state index is 0.129. The highest BCUT2D eigenvalue weighted by Crippen LogP contribution is 2.40. The molecule has 0 bridgehead atoms. The zero-order valence-electron chi connectivity index (χ0n) is 19.2. The Hall–Kier alpha value is -3.11. The van der Waals surface area contributed by atoms with Crippen molar-refractivity contribution in [3.8, 4) is 17.2 Å². The molecule has 2 heterocycles. The normalized spacial score (nSPS) is 16.3. The second-order valence-corrected chi connectivity index (χ2v) is 8.25. The molecule has 1 aliphatic rings. The summed E-state index contributed by atoms with van der Waals surface area (Å²) < 4.78 is 22.4. The number of hydrogen-bond acceptors (Lipinski definition) is 9. The first kappa shape index (κ1) is 24.5. The van der Waals surface area contributed by atoms with Crippen LogP contribution in [0.25, 0.3) is 0 Å². The summed E-state index contributed by atoms with van der Waals surface area (Å²) in [6.45, 7) is 4.41. The smallest absolute Gasteiger partial charge is 0.263 e. The summed E-state index contributed by atoms with van der Waals surface area (Å²) in [6, 6.07) is 7.16. The summed E-state index contributed by atoms with van der Waals surface area (Å²) in [5.41, 5.74) is 1.10. The van der Waals surface area contributed by atoms with Gasteiger partial charge in [-0.1, -0.05) is 11.2 Å². The van der Waals surface area contributed by atoms with Gasteiger partial charge >= 0.3 is 0 Å². The van der Waals surface area contributed by atoms with Crippen molar-refractivity contribution in [3.05, 3.63) is 40.1 Å². The minimum atomic E-state index is -0.380. The van der Waals surface area contributed by atoms with Crippen LogP contribution in [0.3, 0.4) is 0 Å². The van der Waals surface area contributed by atoms with E-state index in [2.05, 4.69) is 5.16 Å². The zero-order valence-corrected chi connectivity index (χ0v) is 20.0. The van der Waals surface area contributed by atoms with Gasteiger partial charge in [-0.15, -0.1) is 11.3 Å². The van der Waals surface area contributed by atoms with Gasteiger partial charge in [0, 0.05) is 6.54 Å². The van der Waals surface area contributed by atoms with Crippen LogP contribution in [-0.4, -0.2) is 75.5 Å². The fourth-order valence-electron chi connectivity index (χ4n) is 3.35. The summed E-state index contributed by atoms with van der Waals surface area (Å²) >= 11 is 1.55. The van der Waals surface area contributed by atoms with Crippen molar-refractivity contribution in [2.75, 3.05) is 47.1 Å². The molecular weight excluding hydrogens is 448 g/mol. The lowest BCUT2D eigenvalue weighted by Gasteiger charge is -2.32. The number of oxime groups is 1. The van der Waals surface area contributed by atoms with Crippen LogP contribution in [-0.2, 0) is 14.4 Å².